The summed E-state index contributed by atoms with van der Waals surface area (Å²) in [7, 11) is 0. The normalized spacial score (nSPS) is 10.9. The van der Waals surface area contributed by atoms with Crippen LogP contribution in [0.3, 0.4) is 0 Å². The van der Waals surface area contributed by atoms with E-state index in [0.717, 1.165) is 31.6 Å². The van der Waals surface area contributed by atoms with Gasteiger partial charge >= 0.3 is 0 Å². The summed E-state index contributed by atoms with van der Waals surface area (Å²) >= 11 is 14.6. The van der Waals surface area contributed by atoms with Crippen molar-refractivity contribution in [1.29, 1.82) is 0 Å². The monoisotopic (exact) mass is 351 g/mol. The van der Waals surface area contributed by atoms with Crippen molar-refractivity contribution in [1.82, 2.24) is 4.98 Å². The maximum atomic E-state index is 6.21. The first-order valence-electron chi connectivity index (χ1n) is 4.56. The smallest absolute Gasteiger partial charge is 0.0917 e. The van der Waals surface area contributed by atoms with E-state index in [2.05, 4.69) is 27.6 Å². The Morgan fingerprint density at radius 2 is 2.00 bits per heavy atom. The van der Waals surface area contributed by atoms with E-state index in [0.29, 0.717) is 5.02 Å². The highest BCUT2D eigenvalue weighted by molar-refractivity contribution is 14.1. The molecule has 0 saturated heterocycles. The topological polar surface area (TPSA) is 12.9 Å². The molecule has 0 bridgehead atoms. The molecule has 4 heteroatoms. The molecular formula is C11H8Cl2IN. The van der Waals surface area contributed by atoms with Crippen LogP contribution in [-0.2, 0) is 6.42 Å². The Bertz CT molecular complexity index is 525. The fraction of sp³-hybridized carbons (Fsp3) is 0.182. The number of aryl methyl sites for hydroxylation is 1. The van der Waals surface area contributed by atoms with E-state index in [4.69, 9.17) is 23.2 Å². The minimum absolute atomic E-state index is 0.655. The van der Waals surface area contributed by atoms with Crippen LogP contribution in [0.15, 0.2) is 18.2 Å². The summed E-state index contributed by atoms with van der Waals surface area (Å²) in [5, 5.41) is 2.33. The number of halogens is 3. The van der Waals surface area contributed by atoms with Crippen molar-refractivity contribution < 1.29 is 0 Å². The van der Waals surface area contributed by atoms with Crippen molar-refractivity contribution in [3.05, 3.63) is 37.5 Å². The van der Waals surface area contributed by atoms with Gasteiger partial charge in [-0.15, -0.1) is 0 Å². The highest BCUT2D eigenvalue weighted by Gasteiger charge is 2.09. The number of pyridine rings is 1. The zero-order chi connectivity index (χ0) is 11.0. The second-order valence-corrected chi connectivity index (χ2v) is 5.18. The molecule has 78 valence electrons. The van der Waals surface area contributed by atoms with Gasteiger partial charge in [-0.2, -0.15) is 0 Å². The molecule has 0 aliphatic carbocycles. The van der Waals surface area contributed by atoms with Crippen molar-refractivity contribution in [2.24, 2.45) is 0 Å². The first kappa shape index (κ1) is 11.4. The van der Waals surface area contributed by atoms with Gasteiger partial charge in [-0.1, -0.05) is 30.1 Å². The van der Waals surface area contributed by atoms with E-state index in [9.17, 15) is 0 Å². The van der Waals surface area contributed by atoms with Gasteiger partial charge < -0.3 is 0 Å². The molecule has 2 rings (SSSR count). The van der Waals surface area contributed by atoms with Crippen molar-refractivity contribution in [3.8, 4) is 0 Å². The van der Waals surface area contributed by atoms with Gasteiger partial charge in [-0.25, -0.2) is 0 Å². The van der Waals surface area contributed by atoms with Gasteiger partial charge in [0, 0.05) is 14.7 Å². The molecule has 1 nitrogen and oxygen atoms in total. The van der Waals surface area contributed by atoms with Crippen molar-refractivity contribution >= 4 is 56.7 Å². The molecule has 0 fully saturated rings. The SMILES string of the molecule is CCc1cc(Cl)c2c(I)ccc(Cl)c2n1. The molecule has 0 amide bonds. The van der Waals surface area contributed by atoms with Crippen LogP contribution in [0, 0.1) is 3.57 Å². The minimum atomic E-state index is 0.655. The molecular weight excluding hydrogens is 344 g/mol. The standard InChI is InChI=1S/C11H8Cl2IN/c1-2-6-5-8(13)10-9(14)4-3-7(12)11(10)15-6/h3-5H,2H2,1H3. The molecule has 0 saturated carbocycles. The van der Waals surface area contributed by atoms with Gasteiger partial charge in [0.25, 0.3) is 0 Å². The summed E-state index contributed by atoms with van der Waals surface area (Å²) in [4.78, 5) is 4.49. The molecule has 2 aromatic rings. The molecule has 0 N–H and O–H groups in total. The molecule has 1 heterocycles. The third kappa shape index (κ3) is 2.08. The number of hydrogen-bond acceptors (Lipinski definition) is 1. The quantitative estimate of drug-likeness (QED) is 0.678. The fourth-order valence-corrected chi connectivity index (χ4v) is 2.86. The predicted molar refractivity (Wildman–Crippen MR) is 73.9 cm³/mol. The Balaban J connectivity index is 2.90. The predicted octanol–water partition coefficient (Wildman–Crippen LogP) is 4.71. The van der Waals surface area contributed by atoms with E-state index < -0.39 is 0 Å². The zero-order valence-electron chi connectivity index (χ0n) is 8.02. The summed E-state index contributed by atoms with van der Waals surface area (Å²) < 4.78 is 1.08. The van der Waals surface area contributed by atoms with Crippen LogP contribution in [-0.4, -0.2) is 4.98 Å². The zero-order valence-corrected chi connectivity index (χ0v) is 11.7. The number of hydrogen-bond donors (Lipinski definition) is 0. The van der Waals surface area contributed by atoms with E-state index in [1.807, 2.05) is 25.1 Å². The lowest BCUT2D eigenvalue weighted by Gasteiger charge is -2.06. The maximum Gasteiger partial charge on any atom is 0.0917 e. The summed E-state index contributed by atoms with van der Waals surface area (Å²) in [6.45, 7) is 2.05. The molecule has 0 unspecified atom stereocenters. The van der Waals surface area contributed by atoms with E-state index >= 15 is 0 Å². The lowest BCUT2D eigenvalue weighted by Crippen LogP contribution is -1.91. The van der Waals surface area contributed by atoms with E-state index in [-0.39, 0.29) is 0 Å². The van der Waals surface area contributed by atoms with Crippen molar-refractivity contribution in [2.45, 2.75) is 13.3 Å². The third-order valence-corrected chi connectivity index (χ3v) is 3.73. The molecule has 0 spiro atoms. The first-order valence-corrected chi connectivity index (χ1v) is 6.40. The largest absolute Gasteiger partial charge is 0.251 e. The molecule has 0 aliphatic rings. The Morgan fingerprint density at radius 3 is 2.67 bits per heavy atom. The van der Waals surface area contributed by atoms with Crippen LogP contribution < -0.4 is 0 Å². The fourth-order valence-electron chi connectivity index (χ4n) is 1.45. The number of fused-ring (bicyclic) bond motifs is 1. The van der Waals surface area contributed by atoms with Crippen LogP contribution in [0.25, 0.3) is 10.9 Å². The number of aromatic nitrogens is 1. The van der Waals surface area contributed by atoms with E-state index in [1.165, 1.54) is 0 Å². The maximum absolute atomic E-state index is 6.21. The van der Waals surface area contributed by atoms with Gasteiger partial charge in [0.15, 0.2) is 0 Å². The van der Waals surface area contributed by atoms with Gasteiger partial charge in [0.1, 0.15) is 0 Å². The molecule has 0 radical (unpaired) electrons. The summed E-state index contributed by atoms with van der Waals surface area (Å²) in [5.41, 5.74) is 1.77. The number of rotatable bonds is 1. The van der Waals surface area contributed by atoms with E-state index in [1.54, 1.807) is 0 Å². The average Bonchev–Trinajstić information content (AvgIpc) is 2.23. The lowest BCUT2D eigenvalue weighted by atomic mass is 10.2. The second-order valence-electron chi connectivity index (χ2n) is 3.20. The molecule has 1 aromatic heterocycles. The highest BCUT2D eigenvalue weighted by Crippen LogP contribution is 2.32. The number of benzene rings is 1. The highest BCUT2D eigenvalue weighted by atomic mass is 127. The number of nitrogens with zero attached hydrogens (tertiary/aromatic N) is 1. The molecule has 1 aromatic carbocycles. The van der Waals surface area contributed by atoms with Crippen LogP contribution >= 0.6 is 45.8 Å². The minimum Gasteiger partial charge on any atom is -0.251 e. The molecule has 15 heavy (non-hydrogen) atoms. The summed E-state index contributed by atoms with van der Waals surface area (Å²) in [6, 6.07) is 5.71. The Labute approximate surface area is 112 Å². The molecule has 0 aliphatic heterocycles. The first-order chi connectivity index (χ1) is 7.13. The van der Waals surface area contributed by atoms with Gasteiger partial charge in [-0.3, -0.25) is 4.98 Å². The second kappa shape index (κ2) is 4.44. The summed E-state index contributed by atoms with van der Waals surface area (Å²) in [6.07, 6.45) is 0.859. The third-order valence-electron chi connectivity index (χ3n) is 2.23. The van der Waals surface area contributed by atoms with Crippen LogP contribution in [0.4, 0.5) is 0 Å². The molecule has 0 atom stereocenters. The summed E-state index contributed by atoms with van der Waals surface area (Å²) in [5.74, 6) is 0. The van der Waals surface area contributed by atoms with Crippen LogP contribution in [0.5, 0.6) is 0 Å². The van der Waals surface area contributed by atoms with Gasteiger partial charge in [0.05, 0.1) is 15.6 Å². The Hall–Kier alpha value is -0.0600. The van der Waals surface area contributed by atoms with Crippen molar-refractivity contribution in [3.63, 3.8) is 0 Å². The van der Waals surface area contributed by atoms with Crippen LogP contribution in [0.2, 0.25) is 10.0 Å². The van der Waals surface area contributed by atoms with Gasteiger partial charge in [-0.05, 0) is 47.2 Å². The average molecular weight is 352 g/mol. The Morgan fingerprint density at radius 1 is 1.27 bits per heavy atom. The van der Waals surface area contributed by atoms with Crippen molar-refractivity contribution in [2.75, 3.05) is 0 Å². The van der Waals surface area contributed by atoms with Crippen LogP contribution in [0.1, 0.15) is 12.6 Å². The Kier molecular flexibility index (Phi) is 3.38. The van der Waals surface area contributed by atoms with Gasteiger partial charge in [0.2, 0.25) is 0 Å². The lowest BCUT2D eigenvalue weighted by molar-refractivity contribution is 1.06.